The van der Waals surface area contributed by atoms with Crippen LogP contribution in [-0.4, -0.2) is 31.2 Å². The average Bonchev–Trinajstić information content (AvgIpc) is 1.84. The number of nitrogens with zero attached hydrogens (tertiary/aromatic N) is 1. The Morgan fingerprint density at radius 1 is 1.78 bits per heavy atom. The maximum Gasteiger partial charge on any atom is 0.324 e. The van der Waals surface area contributed by atoms with Crippen molar-refractivity contribution in [3.63, 3.8) is 0 Å². The highest BCUT2D eigenvalue weighted by Crippen LogP contribution is 1.89. The van der Waals surface area contributed by atoms with Gasteiger partial charge in [-0.15, -0.1) is 0 Å². The minimum absolute atomic E-state index is 0.319. The van der Waals surface area contributed by atoms with Gasteiger partial charge in [0.2, 0.25) is 0 Å². The number of rotatable bonds is 2. The number of carbonyl (C=O) groups excluding carboxylic acids is 1. The monoisotopic (exact) mass is 132 g/mol. The number of carbonyl (C=O) groups is 1. The summed E-state index contributed by atoms with van der Waals surface area (Å²) < 4.78 is 4.41. The second-order valence-electron chi connectivity index (χ2n) is 1.86. The molecule has 54 valence electrons. The zero-order chi connectivity index (χ0) is 7.44. The Morgan fingerprint density at radius 2 is 2.22 bits per heavy atom. The lowest BCUT2D eigenvalue weighted by Crippen LogP contribution is -2.41. The first kappa shape index (κ1) is 8.39. The third kappa shape index (κ3) is 2.43. The Labute approximate surface area is 54.5 Å². The Balaban J connectivity index is 3.72. The molecule has 0 amide bonds. The molecule has 1 unspecified atom stereocenters. The highest BCUT2D eigenvalue weighted by Gasteiger charge is 2.14. The van der Waals surface area contributed by atoms with Crippen LogP contribution >= 0.6 is 0 Å². The van der Waals surface area contributed by atoms with E-state index in [9.17, 15) is 4.79 Å². The lowest BCUT2D eigenvalue weighted by Gasteiger charge is -2.15. The third-order valence-electron chi connectivity index (χ3n) is 1.15. The van der Waals surface area contributed by atoms with Crippen LogP contribution in [0.3, 0.4) is 0 Å². The normalized spacial score (nSPS) is 13.4. The van der Waals surface area contributed by atoms with E-state index in [0.29, 0.717) is 0 Å². The van der Waals surface area contributed by atoms with Gasteiger partial charge in [-0.3, -0.25) is 10.6 Å². The predicted octanol–water partition coefficient (Wildman–Crippen LogP) is -0.647. The van der Waals surface area contributed by atoms with Crippen LogP contribution in [0.1, 0.15) is 6.92 Å². The molecule has 2 N–H and O–H groups in total. The van der Waals surface area contributed by atoms with Crippen molar-refractivity contribution in [2.45, 2.75) is 13.0 Å². The molecular formula is C5H12N2O2. The molecule has 0 aromatic heterocycles. The molecule has 0 aliphatic carbocycles. The summed E-state index contributed by atoms with van der Waals surface area (Å²) in [5, 5.41) is 1.30. The molecule has 0 aliphatic rings. The summed E-state index contributed by atoms with van der Waals surface area (Å²) in [5.74, 6) is 4.93. The molecule has 0 saturated heterocycles. The van der Waals surface area contributed by atoms with Crippen molar-refractivity contribution in [3.8, 4) is 0 Å². The fourth-order valence-electron chi connectivity index (χ4n) is 0.337. The van der Waals surface area contributed by atoms with E-state index in [2.05, 4.69) is 4.74 Å². The standard InChI is InChI=1S/C5H12N2O2/c1-4(7(2)6)5(8)9-3/h4H,6H2,1-3H3. The van der Waals surface area contributed by atoms with Crippen molar-refractivity contribution >= 4 is 5.97 Å². The smallest absolute Gasteiger partial charge is 0.324 e. The van der Waals surface area contributed by atoms with Crippen molar-refractivity contribution in [1.82, 2.24) is 5.01 Å². The number of esters is 1. The average molecular weight is 132 g/mol. The van der Waals surface area contributed by atoms with E-state index in [1.807, 2.05) is 0 Å². The van der Waals surface area contributed by atoms with Gasteiger partial charge in [0.15, 0.2) is 0 Å². The van der Waals surface area contributed by atoms with Crippen LogP contribution in [0, 0.1) is 0 Å². The summed E-state index contributed by atoms with van der Waals surface area (Å²) in [6.07, 6.45) is 0. The molecule has 0 spiro atoms. The van der Waals surface area contributed by atoms with E-state index >= 15 is 0 Å². The van der Waals surface area contributed by atoms with E-state index in [1.165, 1.54) is 12.1 Å². The van der Waals surface area contributed by atoms with Gasteiger partial charge in [-0.2, -0.15) is 0 Å². The van der Waals surface area contributed by atoms with E-state index < -0.39 is 0 Å². The number of nitrogens with two attached hydrogens (primary N) is 1. The second-order valence-corrected chi connectivity index (χ2v) is 1.86. The first-order chi connectivity index (χ1) is 4.09. The Bertz CT molecular complexity index is 103. The van der Waals surface area contributed by atoms with Crippen molar-refractivity contribution in [3.05, 3.63) is 0 Å². The van der Waals surface area contributed by atoms with E-state index in [-0.39, 0.29) is 12.0 Å². The van der Waals surface area contributed by atoms with E-state index in [1.54, 1.807) is 14.0 Å². The number of hydrogen-bond donors (Lipinski definition) is 1. The molecule has 1 atom stereocenters. The van der Waals surface area contributed by atoms with E-state index in [4.69, 9.17) is 5.84 Å². The highest BCUT2D eigenvalue weighted by molar-refractivity contribution is 5.74. The minimum atomic E-state index is -0.366. The van der Waals surface area contributed by atoms with Gasteiger partial charge in [-0.1, -0.05) is 0 Å². The first-order valence-corrected chi connectivity index (χ1v) is 2.65. The van der Waals surface area contributed by atoms with Crippen LogP contribution in [0.2, 0.25) is 0 Å². The van der Waals surface area contributed by atoms with Crippen LogP contribution in [0.25, 0.3) is 0 Å². The zero-order valence-electron chi connectivity index (χ0n) is 5.92. The predicted molar refractivity (Wildman–Crippen MR) is 33.4 cm³/mol. The van der Waals surface area contributed by atoms with Gasteiger partial charge in [0.1, 0.15) is 6.04 Å². The molecule has 4 nitrogen and oxygen atoms in total. The Hall–Kier alpha value is -0.610. The van der Waals surface area contributed by atoms with Gasteiger partial charge in [-0.05, 0) is 6.92 Å². The number of methoxy groups -OCH3 is 1. The molecule has 0 aromatic carbocycles. The van der Waals surface area contributed by atoms with Gasteiger partial charge in [-0.25, -0.2) is 5.01 Å². The molecular weight excluding hydrogens is 120 g/mol. The summed E-state index contributed by atoms with van der Waals surface area (Å²) in [6, 6.07) is -0.366. The molecule has 0 radical (unpaired) electrons. The summed E-state index contributed by atoms with van der Waals surface area (Å²) in [7, 11) is 2.95. The molecule has 0 rings (SSSR count). The highest BCUT2D eigenvalue weighted by atomic mass is 16.5. The number of hydrogen-bond acceptors (Lipinski definition) is 4. The van der Waals surface area contributed by atoms with Crippen LogP contribution in [0.5, 0.6) is 0 Å². The Morgan fingerprint density at radius 3 is 2.33 bits per heavy atom. The number of hydrazine groups is 1. The number of ether oxygens (including phenoxy) is 1. The summed E-state index contributed by atoms with van der Waals surface area (Å²) in [6.45, 7) is 1.67. The quantitative estimate of drug-likeness (QED) is 0.308. The van der Waals surface area contributed by atoms with Crippen LogP contribution in [0.15, 0.2) is 0 Å². The topological polar surface area (TPSA) is 55.6 Å². The fraction of sp³-hybridized carbons (Fsp3) is 0.800. The maximum absolute atomic E-state index is 10.6. The second kappa shape index (κ2) is 3.42. The van der Waals surface area contributed by atoms with Crippen molar-refractivity contribution < 1.29 is 9.53 Å². The van der Waals surface area contributed by atoms with Crippen molar-refractivity contribution in [2.24, 2.45) is 5.84 Å². The van der Waals surface area contributed by atoms with E-state index in [0.717, 1.165) is 0 Å². The van der Waals surface area contributed by atoms with Crippen molar-refractivity contribution in [2.75, 3.05) is 14.2 Å². The largest absolute Gasteiger partial charge is 0.468 e. The Kier molecular flexibility index (Phi) is 3.19. The van der Waals surface area contributed by atoms with Gasteiger partial charge in [0.05, 0.1) is 7.11 Å². The SMILES string of the molecule is COC(=O)C(C)N(C)N. The van der Waals surface area contributed by atoms with Gasteiger partial charge in [0.25, 0.3) is 0 Å². The molecule has 0 aromatic rings. The summed E-state index contributed by atoms with van der Waals surface area (Å²) in [4.78, 5) is 10.6. The zero-order valence-corrected chi connectivity index (χ0v) is 5.92. The minimum Gasteiger partial charge on any atom is -0.468 e. The lowest BCUT2D eigenvalue weighted by atomic mass is 10.3. The molecule has 0 aliphatic heterocycles. The number of likely N-dealkylation sites (N-methyl/N-ethyl adjacent to an activating group) is 1. The first-order valence-electron chi connectivity index (χ1n) is 2.65. The van der Waals surface area contributed by atoms with Crippen LogP contribution in [-0.2, 0) is 9.53 Å². The molecule has 9 heavy (non-hydrogen) atoms. The van der Waals surface area contributed by atoms with Crippen LogP contribution < -0.4 is 5.84 Å². The molecule has 4 heteroatoms. The maximum atomic E-state index is 10.6. The molecule has 0 saturated carbocycles. The summed E-state index contributed by atoms with van der Waals surface area (Å²) >= 11 is 0. The fourth-order valence-corrected chi connectivity index (χ4v) is 0.337. The molecule has 0 heterocycles. The molecule has 0 fully saturated rings. The third-order valence-corrected chi connectivity index (χ3v) is 1.15. The van der Waals surface area contributed by atoms with Gasteiger partial charge < -0.3 is 4.74 Å². The van der Waals surface area contributed by atoms with Crippen molar-refractivity contribution in [1.29, 1.82) is 0 Å². The van der Waals surface area contributed by atoms with Gasteiger partial charge in [0, 0.05) is 7.05 Å². The van der Waals surface area contributed by atoms with Gasteiger partial charge >= 0.3 is 5.97 Å². The summed E-state index contributed by atoms with van der Waals surface area (Å²) in [5.41, 5.74) is 0. The van der Waals surface area contributed by atoms with Crippen LogP contribution in [0.4, 0.5) is 0 Å². The lowest BCUT2D eigenvalue weighted by molar-refractivity contribution is -0.145. The molecule has 0 bridgehead atoms.